The molecule has 0 bridgehead atoms. The van der Waals surface area contributed by atoms with Gasteiger partial charge in [0.2, 0.25) is 0 Å². The quantitative estimate of drug-likeness (QED) is 0.601. The number of fused-ring (bicyclic) bond motifs is 1. The smallest absolute Gasteiger partial charge is 0.259 e. The number of aryl methyl sites for hydroxylation is 1. The van der Waals surface area contributed by atoms with Gasteiger partial charge in [0.05, 0.1) is 22.5 Å². The maximum atomic E-state index is 14.3. The third-order valence-electron chi connectivity index (χ3n) is 3.85. The largest absolute Gasteiger partial charge is 0.319 e. The van der Waals surface area contributed by atoms with E-state index in [0.29, 0.717) is 11.4 Å². The second-order valence-corrected chi connectivity index (χ2v) is 5.99. The fourth-order valence-corrected chi connectivity index (χ4v) is 2.82. The zero-order valence-electron chi connectivity index (χ0n) is 13.5. The van der Waals surface area contributed by atoms with Crippen LogP contribution in [-0.4, -0.2) is 30.3 Å². The van der Waals surface area contributed by atoms with E-state index in [1.54, 1.807) is 42.5 Å². The molecule has 0 aliphatic rings. The number of hydrogen-bond acceptors (Lipinski definition) is 4. The van der Waals surface area contributed by atoms with E-state index in [-0.39, 0.29) is 16.1 Å². The molecule has 0 unspecified atom stereocenters. The topological polar surface area (TPSA) is 77.1 Å². The molecule has 0 saturated heterocycles. The number of nitrogens with zero attached hydrogens (tertiary/aromatic N) is 5. The average Bonchev–Trinajstić information content (AvgIpc) is 3.23. The van der Waals surface area contributed by atoms with Gasteiger partial charge in [-0.05, 0) is 18.2 Å². The van der Waals surface area contributed by atoms with Crippen molar-refractivity contribution < 1.29 is 9.18 Å². The number of amides is 1. The fourth-order valence-electron chi connectivity index (χ4n) is 2.68. The van der Waals surface area contributed by atoms with Crippen LogP contribution in [0.15, 0.2) is 49.2 Å². The highest BCUT2D eigenvalue weighted by Crippen LogP contribution is 2.27. The van der Waals surface area contributed by atoms with Crippen LogP contribution in [0.3, 0.4) is 0 Å². The first kappa shape index (κ1) is 16.2. The fraction of sp³-hybridized carbons (Fsp3) is 0.0588. The number of halogens is 2. The van der Waals surface area contributed by atoms with Crippen LogP contribution < -0.4 is 5.32 Å². The van der Waals surface area contributed by atoms with E-state index >= 15 is 0 Å². The van der Waals surface area contributed by atoms with Crippen molar-refractivity contribution in [1.29, 1.82) is 0 Å². The Balaban J connectivity index is 1.74. The first-order chi connectivity index (χ1) is 12.5. The molecular formula is C17H12ClFN6O. The zero-order chi connectivity index (χ0) is 18.3. The summed E-state index contributed by atoms with van der Waals surface area (Å²) in [6, 6.07) is 4.95. The van der Waals surface area contributed by atoms with E-state index in [4.69, 9.17) is 11.6 Å². The molecular weight excluding hydrogens is 359 g/mol. The van der Waals surface area contributed by atoms with Crippen molar-refractivity contribution in [1.82, 2.24) is 24.4 Å². The lowest BCUT2D eigenvalue weighted by Crippen LogP contribution is -2.12. The number of rotatable bonds is 3. The summed E-state index contributed by atoms with van der Waals surface area (Å²) in [5.74, 6) is -1.21. The van der Waals surface area contributed by atoms with Crippen LogP contribution in [0.25, 0.3) is 16.8 Å². The summed E-state index contributed by atoms with van der Waals surface area (Å²) in [5, 5.41) is 11.1. The van der Waals surface area contributed by atoms with Gasteiger partial charge in [0.15, 0.2) is 5.82 Å². The third-order valence-corrected chi connectivity index (χ3v) is 4.14. The molecule has 7 nitrogen and oxygen atoms in total. The normalized spacial score (nSPS) is 11.0. The first-order valence-electron chi connectivity index (χ1n) is 7.61. The number of pyridine rings is 2. The standard InChI is InChI=1S/C17H12ClFN6O/c1-24-9-13(15(23-24)10-2-5-20-6-3-10)22-17(26)11-8-21-25-7-4-12(18)14(19)16(11)25/h2-9H,1H3,(H,22,26). The molecule has 130 valence electrons. The summed E-state index contributed by atoms with van der Waals surface area (Å²) in [4.78, 5) is 16.7. The van der Waals surface area contributed by atoms with Gasteiger partial charge in [-0.15, -0.1) is 0 Å². The molecule has 1 amide bonds. The number of anilines is 1. The Labute approximate surface area is 152 Å². The predicted octanol–water partition coefficient (Wildman–Crippen LogP) is 3.17. The maximum absolute atomic E-state index is 14.3. The van der Waals surface area contributed by atoms with E-state index < -0.39 is 11.7 Å². The number of aromatic nitrogens is 5. The van der Waals surface area contributed by atoms with Crippen LogP contribution >= 0.6 is 11.6 Å². The van der Waals surface area contributed by atoms with Crippen LogP contribution in [-0.2, 0) is 7.05 Å². The number of carbonyl (C=O) groups is 1. The second kappa shape index (κ2) is 6.23. The van der Waals surface area contributed by atoms with Gasteiger partial charge in [0.25, 0.3) is 5.91 Å². The van der Waals surface area contributed by atoms with Crippen molar-refractivity contribution in [2.24, 2.45) is 7.05 Å². The lowest BCUT2D eigenvalue weighted by atomic mass is 10.1. The van der Waals surface area contributed by atoms with Gasteiger partial charge >= 0.3 is 0 Å². The molecule has 4 heterocycles. The SMILES string of the molecule is Cn1cc(NC(=O)c2cnn3ccc(Cl)c(F)c23)c(-c2ccncc2)n1. The first-order valence-corrected chi connectivity index (χ1v) is 7.99. The lowest BCUT2D eigenvalue weighted by molar-refractivity contribution is 0.102. The molecule has 4 aromatic rings. The highest BCUT2D eigenvalue weighted by Gasteiger charge is 2.20. The summed E-state index contributed by atoms with van der Waals surface area (Å²) in [7, 11) is 1.75. The summed E-state index contributed by atoms with van der Waals surface area (Å²) in [6.45, 7) is 0. The summed E-state index contributed by atoms with van der Waals surface area (Å²) in [6.07, 6.45) is 7.73. The van der Waals surface area contributed by atoms with Gasteiger partial charge < -0.3 is 5.32 Å². The average molecular weight is 371 g/mol. The highest BCUT2D eigenvalue weighted by atomic mass is 35.5. The molecule has 9 heteroatoms. The van der Waals surface area contributed by atoms with Crippen molar-refractivity contribution in [3.8, 4) is 11.3 Å². The Morgan fingerprint density at radius 2 is 2.04 bits per heavy atom. The third kappa shape index (κ3) is 2.70. The minimum absolute atomic E-state index is 0.0179. The molecule has 0 aromatic carbocycles. The number of hydrogen-bond donors (Lipinski definition) is 1. The minimum atomic E-state index is -0.697. The molecule has 0 aliphatic carbocycles. The number of nitrogens with one attached hydrogen (secondary N) is 1. The van der Waals surface area contributed by atoms with Gasteiger partial charge in [-0.2, -0.15) is 10.2 Å². The van der Waals surface area contributed by atoms with E-state index in [2.05, 4.69) is 20.5 Å². The van der Waals surface area contributed by atoms with E-state index in [0.717, 1.165) is 5.56 Å². The van der Waals surface area contributed by atoms with Crippen LogP contribution in [0, 0.1) is 5.82 Å². The monoisotopic (exact) mass is 370 g/mol. The van der Waals surface area contributed by atoms with Crippen molar-refractivity contribution in [2.75, 3.05) is 5.32 Å². The summed E-state index contributed by atoms with van der Waals surface area (Å²) in [5.41, 5.74) is 1.97. The molecule has 0 atom stereocenters. The zero-order valence-corrected chi connectivity index (χ0v) is 14.3. The number of carbonyl (C=O) groups excluding carboxylic acids is 1. The molecule has 1 N–H and O–H groups in total. The van der Waals surface area contributed by atoms with Crippen LogP contribution in [0.4, 0.5) is 10.1 Å². The summed E-state index contributed by atoms with van der Waals surface area (Å²) >= 11 is 5.82. The predicted molar refractivity (Wildman–Crippen MR) is 94.6 cm³/mol. The molecule has 0 saturated carbocycles. The molecule has 4 rings (SSSR count). The Kier molecular flexibility index (Phi) is 3.89. The maximum Gasteiger partial charge on any atom is 0.259 e. The molecule has 0 radical (unpaired) electrons. The molecule has 26 heavy (non-hydrogen) atoms. The van der Waals surface area contributed by atoms with Crippen LogP contribution in [0.2, 0.25) is 5.02 Å². The van der Waals surface area contributed by atoms with Crippen LogP contribution in [0.5, 0.6) is 0 Å². The van der Waals surface area contributed by atoms with Crippen molar-refractivity contribution in [3.05, 3.63) is 65.6 Å². The molecule has 4 aromatic heterocycles. The molecule has 0 fully saturated rings. The van der Waals surface area contributed by atoms with Gasteiger partial charge in [-0.3, -0.25) is 14.5 Å². The van der Waals surface area contributed by atoms with Crippen molar-refractivity contribution in [2.45, 2.75) is 0 Å². The van der Waals surface area contributed by atoms with E-state index in [1.165, 1.54) is 23.0 Å². The molecule has 0 spiro atoms. The van der Waals surface area contributed by atoms with E-state index in [1.807, 2.05) is 0 Å². The van der Waals surface area contributed by atoms with Gasteiger partial charge in [-0.25, -0.2) is 8.91 Å². The van der Waals surface area contributed by atoms with Gasteiger partial charge in [0.1, 0.15) is 11.2 Å². The second-order valence-electron chi connectivity index (χ2n) is 5.58. The Bertz CT molecular complexity index is 1120. The van der Waals surface area contributed by atoms with Crippen LogP contribution in [0.1, 0.15) is 10.4 Å². The lowest BCUT2D eigenvalue weighted by Gasteiger charge is -2.05. The minimum Gasteiger partial charge on any atom is -0.319 e. The van der Waals surface area contributed by atoms with Gasteiger partial charge in [-0.1, -0.05) is 11.6 Å². The van der Waals surface area contributed by atoms with Crippen molar-refractivity contribution in [3.63, 3.8) is 0 Å². The van der Waals surface area contributed by atoms with E-state index in [9.17, 15) is 9.18 Å². The Hall–Kier alpha value is -3.26. The van der Waals surface area contributed by atoms with Crippen molar-refractivity contribution >= 4 is 28.7 Å². The molecule has 0 aliphatic heterocycles. The highest BCUT2D eigenvalue weighted by molar-refractivity contribution is 6.31. The van der Waals surface area contributed by atoms with Gasteiger partial charge in [0, 0.05) is 37.4 Å². The summed E-state index contributed by atoms with van der Waals surface area (Å²) < 4.78 is 17.2. The Morgan fingerprint density at radius 3 is 2.81 bits per heavy atom. The Morgan fingerprint density at radius 1 is 1.27 bits per heavy atom.